The Labute approximate surface area is 189 Å². The Hall–Kier alpha value is -3.70. The Morgan fingerprint density at radius 1 is 1.19 bits per heavy atom. The molecule has 2 aromatic carbocycles. The average Bonchev–Trinajstić information content (AvgIpc) is 3.10. The first kappa shape index (κ1) is 23.0. The number of amides is 1. The zero-order chi connectivity index (χ0) is 23.3. The first-order chi connectivity index (χ1) is 15.4. The van der Waals surface area contributed by atoms with Crippen molar-refractivity contribution in [3.8, 4) is 6.07 Å². The van der Waals surface area contributed by atoms with Crippen LogP contribution in [0.5, 0.6) is 0 Å². The molecule has 0 saturated carbocycles. The molecule has 0 spiro atoms. The minimum atomic E-state index is -0.808. The van der Waals surface area contributed by atoms with Gasteiger partial charge in [0.1, 0.15) is 12.6 Å². The number of nitrogens with zero attached hydrogens (tertiary/aromatic N) is 3. The molecule has 3 aromatic rings. The zero-order valence-electron chi connectivity index (χ0n) is 18.1. The number of aromatic nitrogens is 1. The van der Waals surface area contributed by atoms with E-state index in [0.29, 0.717) is 17.6 Å². The number of anilines is 1. The molecule has 8 heteroatoms. The van der Waals surface area contributed by atoms with Gasteiger partial charge in [0.25, 0.3) is 5.91 Å². The van der Waals surface area contributed by atoms with Crippen LogP contribution in [-0.4, -0.2) is 23.1 Å². The molecule has 0 aliphatic rings. The first-order valence-electron chi connectivity index (χ1n) is 10.2. The van der Waals surface area contributed by atoms with Crippen molar-refractivity contribution in [1.82, 2.24) is 4.57 Å². The summed E-state index contributed by atoms with van der Waals surface area (Å²) in [5.74, 6) is -1.26. The van der Waals surface area contributed by atoms with Gasteiger partial charge in [-0.25, -0.2) is 4.79 Å². The number of fused-ring (bicyclic) bond motifs is 1. The van der Waals surface area contributed by atoms with Gasteiger partial charge in [0.05, 0.1) is 22.5 Å². The molecule has 1 amide bonds. The van der Waals surface area contributed by atoms with Crippen LogP contribution in [-0.2, 0) is 27.3 Å². The smallest absolute Gasteiger partial charge is 0.350 e. The highest BCUT2D eigenvalue weighted by atomic mass is 32.1. The van der Waals surface area contributed by atoms with Crippen molar-refractivity contribution >= 4 is 39.1 Å². The number of nitriles is 1. The summed E-state index contributed by atoms with van der Waals surface area (Å²) in [6, 6.07) is 14.7. The fraction of sp³-hybridized carbons (Fsp3) is 0.250. The van der Waals surface area contributed by atoms with Gasteiger partial charge < -0.3 is 4.74 Å². The lowest BCUT2D eigenvalue weighted by Gasteiger charge is -2.24. The van der Waals surface area contributed by atoms with Gasteiger partial charge in [-0.3, -0.25) is 19.1 Å². The van der Waals surface area contributed by atoms with Gasteiger partial charge in [0.15, 0.2) is 5.57 Å². The van der Waals surface area contributed by atoms with E-state index in [4.69, 9.17) is 4.74 Å². The van der Waals surface area contributed by atoms with Crippen molar-refractivity contribution in [2.75, 3.05) is 11.5 Å². The maximum absolute atomic E-state index is 13.5. The molecule has 0 aliphatic carbocycles. The van der Waals surface area contributed by atoms with Crippen LogP contribution in [0.25, 0.3) is 10.2 Å². The summed E-state index contributed by atoms with van der Waals surface area (Å²) in [5, 5.41) is 9.53. The molecule has 0 aliphatic heterocycles. The summed E-state index contributed by atoms with van der Waals surface area (Å²) >= 11 is 1.06. The van der Waals surface area contributed by atoms with Gasteiger partial charge in [-0.1, -0.05) is 48.6 Å². The van der Waals surface area contributed by atoms with Crippen LogP contribution in [0.2, 0.25) is 0 Å². The highest BCUT2D eigenvalue weighted by molar-refractivity contribution is 7.16. The Bertz CT molecular complexity index is 1300. The summed E-state index contributed by atoms with van der Waals surface area (Å²) in [6.07, 6.45) is 1.85. The number of thiazole rings is 1. The number of esters is 1. The van der Waals surface area contributed by atoms with Crippen LogP contribution in [0.3, 0.4) is 0 Å². The summed E-state index contributed by atoms with van der Waals surface area (Å²) in [5.41, 5.74) is 2.62. The van der Waals surface area contributed by atoms with E-state index in [1.54, 1.807) is 19.1 Å². The van der Waals surface area contributed by atoms with Crippen LogP contribution >= 0.6 is 11.3 Å². The van der Waals surface area contributed by atoms with E-state index in [2.05, 4.69) is 0 Å². The van der Waals surface area contributed by atoms with E-state index in [-0.39, 0.29) is 23.6 Å². The Morgan fingerprint density at radius 3 is 2.62 bits per heavy atom. The predicted octanol–water partition coefficient (Wildman–Crippen LogP) is 3.94. The van der Waals surface area contributed by atoms with Crippen LogP contribution in [0, 0.1) is 18.3 Å². The average molecular weight is 450 g/mol. The molecule has 1 heterocycles. The van der Waals surface area contributed by atoms with E-state index in [1.165, 1.54) is 15.7 Å². The second-order valence-corrected chi connectivity index (χ2v) is 7.99. The van der Waals surface area contributed by atoms with E-state index < -0.39 is 11.9 Å². The summed E-state index contributed by atoms with van der Waals surface area (Å²) in [7, 11) is 0. The molecule has 0 saturated heterocycles. The SMILES string of the molecule is CCOC(=O)/C(C#N)=C/N(C(=O)Cn1c(=O)sc2ccccc21)c1c(C)cccc1CC. The summed E-state index contributed by atoms with van der Waals surface area (Å²) in [4.78, 5) is 39.4. The molecule has 1 aromatic heterocycles. The van der Waals surface area contributed by atoms with Gasteiger partial charge >= 0.3 is 10.8 Å². The fourth-order valence-corrected chi connectivity index (χ4v) is 4.34. The molecule has 0 unspecified atom stereocenters. The second kappa shape index (κ2) is 10.1. The van der Waals surface area contributed by atoms with Crippen molar-refractivity contribution in [1.29, 1.82) is 5.26 Å². The molecular formula is C24H23N3O4S. The molecule has 7 nitrogen and oxygen atoms in total. The lowest BCUT2D eigenvalue weighted by molar-refractivity contribution is -0.138. The molecule has 0 fully saturated rings. The molecule has 164 valence electrons. The number of hydrogen-bond donors (Lipinski definition) is 0. The third-order valence-corrected chi connectivity index (χ3v) is 5.91. The molecule has 0 radical (unpaired) electrons. The standard InChI is InChI=1S/C24H23N3O4S/c1-4-17-10-8-9-16(3)22(17)27(14-18(13-25)23(29)31-5-2)21(28)15-26-19-11-6-7-12-20(19)32-24(26)30/h6-12,14H,4-5,15H2,1-3H3/b18-14+. The Balaban J connectivity index is 2.13. The quantitative estimate of drug-likeness (QED) is 0.309. The third kappa shape index (κ3) is 4.63. The zero-order valence-corrected chi connectivity index (χ0v) is 18.9. The molecule has 32 heavy (non-hydrogen) atoms. The van der Waals surface area contributed by atoms with E-state index in [9.17, 15) is 19.6 Å². The third-order valence-electron chi connectivity index (χ3n) is 4.95. The number of ether oxygens (including phenoxy) is 1. The number of carbonyl (C=O) groups excluding carboxylic acids is 2. The van der Waals surface area contributed by atoms with Gasteiger partial charge in [-0.15, -0.1) is 0 Å². The number of aryl methyl sites for hydroxylation is 2. The molecule has 3 rings (SSSR count). The van der Waals surface area contributed by atoms with Crippen molar-refractivity contribution in [2.45, 2.75) is 33.7 Å². The van der Waals surface area contributed by atoms with E-state index in [0.717, 1.165) is 27.2 Å². The molecule has 0 bridgehead atoms. The van der Waals surface area contributed by atoms with Gasteiger partial charge in [0, 0.05) is 6.20 Å². The second-order valence-electron chi connectivity index (χ2n) is 7.00. The van der Waals surface area contributed by atoms with E-state index in [1.807, 2.05) is 50.2 Å². The largest absolute Gasteiger partial charge is 0.462 e. The number of benzene rings is 2. The van der Waals surface area contributed by atoms with Crippen molar-refractivity contribution in [3.05, 3.63) is 75.0 Å². The van der Waals surface area contributed by atoms with Gasteiger partial charge in [-0.05, 0) is 43.5 Å². The Morgan fingerprint density at radius 2 is 1.94 bits per heavy atom. The number of carbonyl (C=O) groups is 2. The van der Waals surface area contributed by atoms with Crippen molar-refractivity contribution in [2.24, 2.45) is 0 Å². The molecular weight excluding hydrogens is 426 g/mol. The monoisotopic (exact) mass is 449 g/mol. The highest BCUT2D eigenvalue weighted by Crippen LogP contribution is 2.28. The van der Waals surface area contributed by atoms with Gasteiger partial charge in [0.2, 0.25) is 0 Å². The minimum absolute atomic E-state index is 0.104. The maximum Gasteiger partial charge on any atom is 0.350 e. The fourth-order valence-electron chi connectivity index (χ4n) is 3.45. The maximum atomic E-state index is 13.5. The normalized spacial score (nSPS) is 11.2. The van der Waals surface area contributed by atoms with Crippen LogP contribution in [0.15, 0.2) is 59.0 Å². The first-order valence-corrected chi connectivity index (χ1v) is 11.0. The highest BCUT2D eigenvalue weighted by Gasteiger charge is 2.23. The van der Waals surface area contributed by atoms with Crippen molar-refractivity contribution < 1.29 is 14.3 Å². The van der Waals surface area contributed by atoms with Gasteiger partial charge in [-0.2, -0.15) is 5.26 Å². The summed E-state index contributed by atoms with van der Waals surface area (Å²) in [6.45, 7) is 5.31. The van der Waals surface area contributed by atoms with E-state index >= 15 is 0 Å². The minimum Gasteiger partial charge on any atom is -0.462 e. The molecule has 0 N–H and O–H groups in total. The Kier molecular flexibility index (Phi) is 7.23. The number of rotatable bonds is 7. The lowest BCUT2D eigenvalue weighted by Crippen LogP contribution is -2.33. The topological polar surface area (TPSA) is 92.4 Å². The van der Waals surface area contributed by atoms with Crippen molar-refractivity contribution in [3.63, 3.8) is 0 Å². The van der Waals surface area contributed by atoms with Crippen LogP contribution in [0.1, 0.15) is 25.0 Å². The lowest BCUT2D eigenvalue weighted by atomic mass is 10.0. The number of hydrogen-bond acceptors (Lipinski definition) is 6. The van der Waals surface area contributed by atoms with Crippen LogP contribution in [0.4, 0.5) is 5.69 Å². The molecule has 0 atom stereocenters. The van der Waals surface area contributed by atoms with Crippen LogP contribution < -0.4 is 9.77 Å². The summed E-state index contributed by atoms with van der Waals surface area (Å²) < 4.78 is 7.15. The predicted molar refractivity (Wildman–Crippen MR) is 124 cm³/mol. The number of para-hydroxylation sites is 2.